The first-order chi connectivity index (χ1) is 13.9. The van der Waals surface area contributed by atoms with Crippen molar-refractivity contribution in [3.63, 3.8) is 0 Å². The number of carbonyl (C=O) groups is 2. The van der Waals surface area contributed by atoms with Gasteiger partial charge < -0.3 is 5.32 Å². The molecule has 0 aliphatic rings. The maximum atomic E-state index is 13.3. The molecule has 2 aromatic rings. The molecule has 1 amide bonds. The van der Waals surface area contributed by atoms with Gasteiger partial charge in [0.15, 0.2) is 5.78 Å². The second-order valence-electron chi connectivity index (χ2n) is 8.25. The third-order valence-electron chi connectivity index (χ3n) is 5.46. The monoisotopic (exact) mass is 393 g/mol. The van der Waals surface area contributed by atoms with E-state index in [1.54, 1.807) is 0 Å². The Labute approximate surface area is 174 Å². The second-order valence-corrected chi connectivity index (χ2v) is 8.25. The van der Waals surface area contributed by atoms with Crippen LogP contribution in [0.4, 0.5) is 0 Å². The van der Waals surface area contributed by atoms with E-state index in [0.29, 0.717) is 31.3 Å². The topological polar surface area (TPSA) is 72.0 Å². The highest BCUT2D eigenvalue weighted by Crippen LogP contribution is 2.28. The fourth-order valence-electron chi connectivity index (χ4n) is 3.60. The fourth-order valence-corrected chi connectivity index (χ4v) is 3.60. The van der Waals surface area contributed by atoms with E-state index >= 15 is 0 Å². The Morgan fingerprint density at radius 2 is 1.86 bits per heavy atom. The van der Waals surface area contributed by atoms with Crippen LogP contribution < -0.4 is 5.32 Å². The molecule has 1 N–H and O–H groups in total. The Hall–Kier alpha value is -2.50. The van der Waals surface area contributed by atoms with Crippen LogP contribution in [-0.2, 0) is 11.2 Å². The lowest BCUT2D eigenvalue weighted by Gasteiger charge is -2.25. The number of Topliss-reactive ketones (excluding diaryl/α,β-unsaturated/α-hetero) is 1. The smallest absolute Gasteiger partial charge is 0.272 e. The Bertz CT molecular complexity index is 768. The summed E-state index contributed by atoms with van der Waals surface area (Å²) in [5, 5.41) is 2.91. The molecule has 0 radical (unpaired) electrons. The van der Waals surface area contributed by atoms with E-state index in [9.17, 15) is 9.59 Å². The third-order valence-corrected chi connectivity index (χ3v) is 5.46. The molecular weight excluding hydrogens is 361 g/mol. The second kappa shape index (κ2) is 11.5. The maximum absolute atomic E-state index is 13.3. The summed E-state index contributed by atoms with van der Waals surface area (Å²) in [7, 11) is 0. The fraction of sp³-hybridized carbons (Fsp3) is 0.478. The largest absolute Gasteiger partial charge is 0.341 e. The van der Waals surface area contributed by atoms with Gasteiger partial charge in [0.05, 0.1) is 12.2 Å². The minimum absolute atomic E-state index is 0.0806. The van der Waals surface area contributed by atoms with Gasteiger partial charge in [-0.15, -0.1) is 0 Å². The molecule has 1 heterocycles. The van der Waals surface area contributed by atoms with Gasteiger partial charge in [-0.3, -0.25) is 14.6 Å². The lowest BCUT2D eigenvalue weighted by atomic mass is 9.39. The van der Waals surface area contributed by atoms with Gasteiger partial charge in [-0.2, -0.15) is 0 Å². The van der Waals surface area contributed by atoms with Gasteiger partial charge in [0.1, 0.15) is 12.4 Å². The van der Waals surface area contributed by atoms with Crippen molar-refractivity contribution in [2.75, 3.05) is 0 Å². The Morgan fingerprint density at radius 3 is 2.45 bits per heavy atom. The number of aromatic nitrogens is 2. The summed E-state index contributed by atoms with van der Waals surface area (Å²) in [6.45, 7) is 9.23. The standard InChI is InChI=1S/C23H32BN3O2/c1-5-24(4)19(13-17(2)3)15-22(28)20(14-18-9-7-6-8-10-18)27-23(29)21-16-25-11-12-26-21/h6-12,16-17,19-20H,5,13-15H2,1-4H3,(H,27,29)/t19-,20+/m1/s1. The normalized spacial score (nSPS) is 13.0. The average molecular weight is 393 g/mol. The summed E-state index contributed by atoms with van der Waals surface area (Å²) in [6.07, 6.45) is 7.42. The zero-order valence-corrected chi connectivity index (χ0v) is 18.0. The zero-order valence-electron chi connectivity index (χ0n) is 18.0. The van der Waals surface area contributed by atoms with E-state index in [0.717, 1.165) is 18.3 Å². The molecule has 0 bridgehead atoms. The minimum atomic E-state index is -0.578. The lowest BCUT2D eigenvalue weighted by Crippen LogP contribution is -2.43. The zero-order chi connectivity index (χ0) is 21.2. The van der Waals surface area contributed by atoms with Crippen molar-refractivity contribution in [1.82, 2.24) is 15.3 Å². The Balaban J connectivity index is 2.18. The van der Waals surface area contributed by atoms with Gasteiger partial charge in [0.25, 0.3) is 5.91 Å². The molecule has 29 heavy (non-hydrogen) atoms. The van der Waals surface area contributed by atoms with Crippen molar-refractivity contribution in [2.24, 2.45) is 5.92 Å². The number of hydrogen-bond donors (Lipinski definition) is 1. The van der Waals surface area contributed by atoms with Crippen LogP contribution in [0, 0.1) is 5.92 Å². The summed E-state index contributed by atoms with van der Waals surface area (Å²) in [5.74, 6) is 0.566. The first kappa shape index (κ1) is 22.8. The molecule has 0 saturated carbocycles. The minimum Gasteiger partial charge on any atom is -0.341 e. The van der Waals surface area contributed by atoms with Gasteiger partial charge in [-0.05, 0) is 17.9 Å². The van der Waals surface area contributed by atoms with E-state index in [1.807, 2.05) is 30.3 Å². The van der Waals surface area contributed by atoms with E-state index in [1.165, 1.54) is 18.6 Å². The van der Waals surface area contributed by atoms with Crippen molar-refractivity contribution in [1.29, 1.82) is 0 Å². The van der Waals surface area contributed by atoms with Gasteiger partial charge in [-0.25, -0.2) is 4.98 Å². The number of rotatable bonds is 11. The number of nitrogens with zero attached hydrogens (tertiary/aromatic N) is 2. The molecule has 0 aliphatic heterocycles. The number of ketones is 1. The molecule has 2 atom stereocenters. The van der Waals surface area contributed by atoms with Crippen LogP contribution in [0.3, 0.4) is 0 Å². The van der Waals surface area contributed by atoms with Gasteiger partial charge in [-0.1, -0.05) is 76.5 Å². The van der Waals surface area contributed by atoms with Crippen LogP contribution in [0.5, 0.6) is 0 Å². The highest BCUT2D eigenvalue weighted by Gasteiger charge is 2.28. The summed E-state index contributed by atoms with van der Waals surface area (Å²) in [4.78, 5) is 33.9. The molecule has 5 nitrogen and oxygen atoms in total. The molecule has 0 fully saturated rings. The molecule has 0 saturated heterocycles. The van der Waals surface area contributed by atoms with E-state index < -0.39 is 6.04 Å². The number of hydrogen-bond acceptors (Lipinski definition) is 4. The lowest BCUT2D eigenvalue weighted by molar-refractivity contribution is -0.121. The summed E-state index contributed by atoms with van der Waals surface area (Å²) >= 11 is 0. The SMILES string of the molecule is CCB(C)[C@@H](CC(=O)[C@H](Cc1ccccc1)NC(=O)c1cnccn1)CC(C)C. The predicted molar refractivity (Wildman–Crippen MR) is 118 cm³/mol. The highest BCUT2D eigenvalue weighted by atomic mass is 16.2. The predicted octanol–water partition coefficient (Wildman–Crippen LogP) is 4.34. The van der Waals surface area contributed by atoms with Crippen LogP contribution in [0.1, 0.15) is 49.7 Å². The van der Waals surface area contributed by atoms with Crippen molar-refractivity contribution in [3.8, 4) is 0 Å². The molecule has 0 unspecified atom stereocenters. The molecular formula is C23H32BN3O2. The molecule has 0 spiro atoms. The maximum Gasteiger partial charge on any atom is 0.272 e. The van der Waals surface area contributed by atoms with Crippen LogP contribution in [0.25, 0.3) is 0 Å². The number of amides is 1. The average Bonchev–Trinajstić information content (AvgIpc) is 2.73. The molecule has 6 heteroatoms. The Morgan fingerprint density at radius 1 is 1.14 bits per heavy atom. The molecule has 2 rings (SSSR count). The van der Waals surface area contributed by atoms with Crippen LogP contribution in [0.15, 0.2) is 48.9 Å². The van der Waals surface area contributed by atoms with Gasteiger partial charge >= 0.3 is 0 Å². The van der Waals surface area contributed by atoms with Crippen LogP contribution in [-0.4, -0.2) is 34.4 Å². The van der Waals surface area contributed by atoms with E-state index in [4.69, 9.17) is 0 Å². The van der Waals surface area contributed by atoms with Crippen LogP contribution in [0.2, 0.25) is 19.0 Å². The molecule has 154 valence electrons. The van der Waals surface area contributed by atoms with Gasteiger partial charge in [0, 0.05) is 18.8 Å². The highest BCUT2D eigenvalue weighted by molar-refractivity contribution is 6.59. The van der Waals surface area contributed by atoms with Crippen molar-refractivity contribution in [3.05, 3.63) is 60.2 Å². The van der Waals surface area contributed by atoms with E-state index in [-0.39, 0.29) is 17.4 Å². The first-order valence-corrected chi connectivity index (χ1v) is 10.5. The summed E-state index contributed by atoms with van der Waals surface area (Å²) < 4.78 is 0. The van der Waals surface area contributed by atoms with Gasteiger partial charge in [0.2, 0.25) is 0 Å². The number of benzene rings is 1. The van der Waals surface area contributed by atoms with Crippen molar-refractivity contribution in [2.45, 2.75) is 65.0 Å². The van der Waals surface area contributed by atoms with Crippen LogP contribution >= 0.6 is 0 Å². The summed E-state index contributed by atoms with van der Waals surface area (Å²) in [6, 6.07) is 9.22. The van der Waals surface area contributed by atoms with E-state index in [2.05, 4.69) is 42.9 Å². The Kier molecular flexibility index (Phi) is 9.03. The quantitative estimate of drug-likeness (QED) is 0.577. The van der Waals surface area contributed by atoms with Crippen molar-refractivity contribution >= 4 is 18.4 Å². The molecule has 1 aromatic heterocycles. The molecule has 1 aromatic carbocycles. The number of carbonyl (C=O) groups excluding carboxylic acids is 2. The van der Waals surface area contributed by atoms with Crippen molar-refractivity contribution < 1.29 is 9.59 Å². The third kappa shape index (κ3) is 7.45. The summed E-state index contributed by atoms with van der Waals surface area (Å²) in [5.41, 5.74) is 1.24. The number of nitrogens with one attached hydrogen (secondary N) is 1. The molecule has 0 aliphatic carbocycles. The first-order valence-electron chi connectivity index (χ1n) is 10.5.